The van der Waals surface area contributed by atoms with Crippen LogP contribution in [-0.4, -0.2) is 25.4 Å². The van der Waals surface area contributed by atoms with Gasteiger partial charge < -0.3 is 5.11 Å². The maximum Gasteiger partial charge on any atom is 0.183 e. The zero-order chi connectivity index (χ0) is 16.7. The molecule has 3 rings (SSSR count). The fraction of sp³-hybridized carbons (Fsp3) is 0.278. The van der Waals surface area contributed by atoms with E-state index in [1.54, 1.807) is 18.2 Å². The summed E-state index contributed by atoms with van der Waals surface area (Å²) in [5, 5.41) is 18.4. The van der Waals surface area contributed by atoms with Gasteiger partial charge in [-0.25, -0.2) is 8.42 Å². The van der Waals surface area contributed by atoms with Crippen LogP contribution in [0.1, 0.15) is 17.0 Å². The van der Waals surface area contributed by atoms with E-state index < -0.39 is 33.0 Å². The quantitative estimate of drug-likeness (QED) is 0.935. The van der Waals surface area contributed by atoms with Gasteiger partial charge in [-0.3, -0.25) is 0 Å². The highest BCUT2D eigenvalue weighted by Crippen LogP contribution is 2.63. The van der Waals surface area contributed by atoms with E-state index in [9.17, 15) is 18.8 Å². The van der Waals surface area contributed by atoms with E-state index in [-0.39, 0.29) is 4.90 Å². The maximum atomic E-state index is 12.9. The van der Waals surface area contributed by atoms with Gasteiger partial charge in [-0.1, -0.05) is 48.0 Å². The minimum Gasteiger partial charge on any atom is -0.395 e. The predicted octanol–water partition coefficient (Wildman–Crippen LogP) is 2.44. The van der Waals surface area contributed by atoms with Gasteiger partial charge in [0.2, 0.25) is 0 Å². The van der Waals surface area contributed by atoms with Gasteiger partial charge in [0.15, 0.2) is 9.84 Å². The highest BCUT2D eigenvalue weighted by molar-refractivity contribution is 7.92. The van der Waals surface area contributed by atoms with Crippen molar-refractivity contribution in [2.45, 2.75) is 23.0 Å². The third kappa shape index (κ3) is 2.35. The number of aryl methyl sites for hydroxylation is 1. The lowest BCUT2D eigenvalue weighted by molar-refractivity contribution is 0.242. The second-order valence-corrected chi connectivity index (χ2v) is 8.05. The molecule has 0 aromatic heterocycles. The number of hydrogen-bond donors (Lipinski definition) is 1. The largest absolute Gasteiger partial charge is 0.395 e. The Morgan fingerprint density at radius 3 is 2.26 bits per heavy atom. The summed E-state index contributed by atoms with van der Waals surface area (Å²) >= 11 is 0. The Morgan fingerprint density at radius 2 is 1.74 bits per heavy atom. The van der Waals surface area contributed by atoms with Crippen LogP contribution in [0.2, 0.25) is 0 Å². The molecule has 1 N–H and O–H groups in total. The topological polar surface area (TPSA) is 78.2 Å². The van der Waals surface area contributed by atoms with Crippen LogP contribution in [0, 0.1) is 23.7 Å². The molecule has 118 valence electrons. The molecule has 0 amide bonds. The number of aliphatic hydroxyl groups is 1. The summed E-state index contributed by atoms with van der Waals surface area (Å²) in [5.41, 5.74) is 0.559. The Kier molecular flexibility index (Phi) is 3.75. The second-order valence-electron chi connectivity index (χ2n) is 5.98. The van der Waals surface area contributed by atoms with Crippen molar-refractivity contribution in [3.05, 3.63) is 65.7 Å². The summed E-state index contributed by atoms with van der Waals surface area (Å²) in [6, 6.07) is 17.6. The van der Waals surface area contributed by atoms with Crippen molar-refractivity contribution in [3.63, 3.8) is 0 Å². The molecule has 0 bridgehead atoms. The van der Waals surface area contributed by atoms with Crippen molar-refractivity contribution in [1.82, 2.24) is 0 Å². The molecule has 5 heteroatoms. The summed E-state index contributed by atoms with van der Waals surface area (Å²) < 4.78 is 25.8. The van der Waals surface area contributed by atoms with Gasteiger partial charge in [0.1, 0.15) is 5.41 Å². The molecule has 1 aliphatic rings. The van der Waals surface area contributed by atoms with Crippen LogP contribution in [0.3, 0.4) is 0 Å². The number of sulfone groups is 1. The molecule has 0 saturated heterocycles. The van der Waals surface area contributed by atoms with Gasteiger partial charge in [0.05, 0.1) is 22.8 Å². The van der Waals surface area contributed by atoms with Gasteiger partial charge >= 0.3 is 0 Å². The molecule has 1 saturated carbocycles. The van der Waals surface area contributed by atoms with Crippen molar-refractivity contribution >= 4 is 9.84 Å². The van der Waals surface area contributed by atoms with Crippen molar-refractivity contribution in [2.24, 2.45) is 5.41 Å². The lowest BCUT2D eigenvalue weighted by Gasteiger charge is -2.05. The first kappa shape index (κ1) is 15.7. The van der Waals surface area contributed by atoms with Gasteiger partial charge in [-0.15, -0.1) is 0 Å². The number of hydrogen-bond acceptors (Lipinski definition) is 4. The molecule has 23 heavy (non-hydrogen) atoms. The number of nitriles is 1. The lowest BCUT2D eigenvalue weighted by Crippen LogP contribution is -2.18. The molecule has 2 aromatic carbocycles. The third-order valence-corrected chi connectivity index (χ3v) is 6.86. The molecule has 1 fully saturated rings. The molecular formula is C18H17NO3S. The molecule has 0 aliphatic heterocycles. The zero-order valence-corrected chi connectivity index (χ0v) is 13.5. The first-order valence-electron chi connectivity index (χ1n) is 7.35. The first-order valence-corrected chi connectivity index (χ1v) is 8.89. The van der Waals surface area contributed by atoms with Crippen LogP contribution in [0.5, 0.6) is 0 Å². The predicted molar refractivity (Wildman–Crippen MR) is 86.5 cm³/mol. The molecule has 2 aromatic rings. The molecule has 1 aliphatic carbocycles. The van der Waals surface area contributed by atoms with E-state index >= 15 is 0 Å². The standard InChI is InChI=1S/C18H17NO3S/c1-13-7-9-14(10-8-13)16-17(18(16,11-19)12-20)23(21,22)15-5-3-2-4-6-15/h2-10,16-17,20H,12H2,1H3/t16-,17-,18+/m1/s1. The average molecular weight is 327 g/mol. The van der Waals surface area contributed by atoms with Gasteiger partial charge in [-0.2, -0.15) is 5.26 Å². The number of aliphatic hydroxyl groups excluding tert-OH is 1. The van der Waals surface area contributed by atoms with E-state index in [0.29, 0.717) is 0 Å². The van der Waals surface area contributed by atoms with Gasteiger partial charge in [0, 0.05) is 5.92 Å². The average Bonchev–Trinajstić information content (AvgIpc) is 3.27. The molecule has 3 atom stereocenters. The van der Waals surface area contributed by atoms with Crippen LogP contribution in [-0.2, 0) is 9.84 Å². The van der Waals surface area contributed by atoms with E-state index in [1.807, 2.05) is 31.2 Å². The fourth-order valence-corrected chi connectivity index (χ4v) is 5.56. The Labute approximate surface area is 135 Å². The Morgan fingerprint density at radius 1 is 1.13 bits per heavy atom. The van der Waals surface area contributed by atoms with Crippen molar-refractivity contribution in [1.29, 1.82) is 5.26 Å². The molecule has 0 unspecified atom stereocenters. The monoisotopic (exact) mass is 327 g/mol. The number of benzene rings is 2. The maximum absolute atomic E-state index is 12.9. The summed E-state index contributed by atoms with van der Waals surface area (Å²) in [4.78, 5) is 0.188. The van der Waals surface area contributed by atoms with Gasteiger partial charge in [0.25, 0.3) is 0 Å². The summed E-state index contributed by atoms with van der Waals surface area (Å²) in [5.74, 6) is -0.511. The smallest absolute Gasteiger partial charge is 0.183 e. The minimum absolute atomic E-state index is 0.188. The van der Waals surface area contributed by atoms with Crippen LogP contribution < -0.4 is 0 Å². The molecule has 4 nitrogen and oxygen atoms in total. The van der Waals surface area contributed by atoms with E-state index in [1.165, 1.54) is 12.1 Å². The fourth-order valence-electron chi connectivity index (χ4n) is 3.22. The highest BCUT2D eigenvalue weighted by atomic mass is 32.2. The molecule has 0 radical (unpaired) electrons. The SMILES string of the molecule is Cc1ccc([C@@H]2[C@@H](S(=O)(=O)c3ccccc3)[C@@]2(C#N)CO)cc1. The molecule has 0 heterocycles. The Hall–Kier alpha value is -2.16. The van der Waals surface area contributed by atoms with E-state index in [2.05, 4.69) is 6.07 Å². The summed E-state index contributed by atoms with van der Waals surface area (Å²) in [7, 11) is -3.69. The normalized spacial score (nSPS) is 26.5. The van der Waals surface area contributed by atoms with E-state index in [4.69, 9.17) is 0 Å². The Bertz CT molecular complexity index is 853. The minimum atomic E-state index is -3.69. The third-order valence-electron chi connectivity index (χ3n) is 4.57. The van der Waals surface area contributed by atoms with Gasteiger partial charge in [-0.05, 0) is 24.6 Å². The number of rotatable bonds is 4. The Balaban J connectivity index is 2.07. The molecular weight excluding hydrogens is 310 g/mol. The summed E-state index contributed by atoms with van der Waals surface area (Å²) in [6.07, 6.45) is 0. The van der Waals surface area contributed by atoms with Crippen LogP contribution in [0.4, 0.5) is 0 Å². The van der Waals surface area contributed by atoms with Crippen LogP contribution in [0.25, 0.3) is 0 Å². The summed E-state index contributed by atoms with van der Waals surface area (Å²) in [6.45, 7) is 1.47. The van der Waals surface area contributed by atoms with Crippen molar-refractivity contribution in [2.75, 3.05) is 6.61 Å². The van der Waals surface area contributed by atoms with E-state index in [0.717, 1.165) is 11.1 Å². The van der Waals surface area contributed by atoms with Crippen LogP contribution in [0.15, 0.2) is 59.5 Å². The number of nitrogens with zero attached hydrogens (tertiary/aromatic N) is 1. The zero-order valence-electron chi connectivity index (χ0n) is 12.7. The molecule has 0 spiro atoms. The van der Waals surface area contributed by atoms with Crippen molar-refractivity contribution < 1.29 is 13.5 Å². The lowest BCUT2D eigenvalue weighted by atomic mass is 10.0. The first-order chi connectivity index (χ1) is 11.0. The second kappa shape index (κ2) is 5.48. The van der Waals surface area contributed by atoms with Crippen molar-refractivity contribution in [3.8, 4) is 6.07 Å². The highest BCUT2D eigenvalue weighted by Gasteiger charge is 2.72. The van der Waals surface area contributed by atoms with Crippen LogP contribution >= 0.6 is 0 Å².